The maximum Gasteiger partial charge on any atom is 0.269 e. The Balaban J connectivity index is 1.44. The van der Waals surface area contributed by atoms with Crippen molar-refractivity contribution in [1.82, 2.24) is 15.8 Å². The monoisotopic (exact) mass is 355 g/mol. The van der Waals surface area contributed by atoms with Gasteiger partial charge in [-0.3, -0.25) is 20.4 Å². The number of amides is 2. The van der Waals surface area contributed by atoms with E-state index < -0.39 is 5.91 Å². The van der Waals surface area contributed by atoms with Crippen LogP contribution in [-0.2, 0) is 11.2 Å². The Kier molecular flexibility index (Phi) is 5.36. The van der Waals surface area contributed by atoms with Gasteiger partial charge >= 0.3 is 0 Å². The van der Waals surface area contributed by atoms with Gasteiger partial charge in [-0.25, -0.2) is 0 Å². The molecule has 0 spiro atoms. The van der Waals surface area contributed by atoms with Crippen LogP contribution in [0, 0.1) is 0 Å². The smallest absolute Gasteiger partial charge is 0.269 e. The number of aromatic amines is 1. The molecule has 6 heteroatoms. The molecule has 0 bridgehead atoms. The Bertz CT molecular complexity index is 904. The molecule has 0 fully saturated rings. The largest absolute Gasteiger partial charge is 0.361 e. The maximum atomic E-state index is 11.9. The van der Waals surface area contributed by atoms with Gasteiger partial charge < -0.3 is 4.98 Å². The third kappa shape index (κ3) is 4.39. The molecular formula is C19H18ClN3O2. The number of carbonyl (C=O) groups is 2. The highest BCUT2D eigenvalue weighted by atomic mass is 35.5. The summed E-state index contributed by atoms with van der Waals surface area (Å²) in [6.07, 6.45) is 3.79. The number of hydrogen-bond donors (Lipinski definition) is 3. The second-order valence-corrected chi connectivity index (χ2v) is 6.16. The summed E-state index contributed by atoms with van der Waals surface area (Å²) in [5.41, 5.74) is 7.50. The van der Waals surface area contributed by atoms with Gasteiger partial charge in [0.15, 0.2) is 0 Å². The number of H-pyrrole nitrogens is 1. The number of para-hydroxylation sites is 1. The van der Waals surface area contributed by atoms with Crippen LogP contribution in [0.1, 0.15) is 28.8 Å². The first kappa shape index (κ1) is 17.0. The molecule has 0 saturated carbocycles. The molecule has 25 heavy (non-hydrogen) atoms. The fraction of sp³-hybridized carbons (Fsp3) is 0.158. The van der Waals surface area contributed by atoms with Crippen LogP contribution in [0.25, 0.3) is 10.9 Å². The maximum absolute atomic E-state index is 11.9. The number of benzene rings is 2. The summed E-state index contributed by atoms with van der Waals surface area (Å²) in [6, 6.07) is 14.6. The lowest BCUT2D eigenvalue weighted by Crippen LogP contribution is -2.41. The van der Waals surface area contributed by atoms with Gasteiger partial charge in [-0.1, -0.05) is 35.9 Å². The van der Waals surface area contributed by atoms with Gasteiger partial charge in [-0.2, -0.15) is 0 Å². The molecule has 128 valence electrons. The number of halogens is 1. The van der Waals surface area contributed by atoms with Gasteiger partial charge in [-0.05, 0) is 42.7 Å². The van der Waals surface area contributed by atoms with Crippen molar-refractivity contribution in [2.24, 2.45) is 0 Å². The van der Waals surface area contributed by atoms with E-state index in [4.69, 9.17) is 11.6 Å². The van der Waals surface area contributed by atoms with Crippen molar-refractivity contribution >= 4 is 34.3 Å². The SMILES string of the molecule is O=C(CCCc1c[nH]c2ccccc12)NNC(=O)c1cccc(Cl)c1. The highest BCUT2D eigenvalue weighted by molar-refractivity contribution is 6.30. The Morgan fingerprint density at radius 1 is 1.04 bits per heavy atom. The van der Waals surface area contributed by atoms with Crippen LogP contribution in [-0.4, -0.2) is 16.8 Å². The Morgan fingerprint density at radius 2 is 1.88 bits per heavy atom. The van der Waals surface area contributed by atoms with E-state index in [1.54, 1.807) is 24.3 Å². The van der Waals surface area contributed by atoms with Crippen LogP contribution in [0.4, 0.5) is 0 Å². The molecule has 2 amide bonds. The Labute approximate surface area is 150 Å². The summed E-state index contributed by atoms with van der Waals surface area (Å²) in [4.78, 5) is 27.0. The molecule has 1 heterocycles. The average molecular weight is 356 g/mol. The van der Waals surface area contributed by atoms with E-state index in [-0.39, 0.29) is 5.91 Å². The van der Waals surface area contributed by atoms with Crippen LogP contribution in [0.2, 0.25) is 5.02 Å². The standard InChI is InChI=1S/C19H18ClN3O2/c20-15-7-3-5-13(11-15)19(25)23-22-18(24)10-4-6-14-12-21-17-9-2-1-8-16(14)17/h1-3,5,7-9,11-12,21H,4,6,10H2,(H,22,24)(H,23,25). The topological polar surface area (TPSA) is 74.0 Å². The Morgan fingerprint density at radius 3 is 2.72 bits per heavy atom. The molecule has 0 radical (unpaired) electrons. The van der Waals surface area contributed by atoms with Crippen LogP contribution in [0.5, 0.6) is 0 Å². The number of hydrazine groups is 1. The molecule has 0 aliphatic heterocycles. The predicted molar refractivity (Wildman–Crippen MR) is 98.3 cm³/mol. The normalized spacial score (nSPS) is 10.6. The number of fused-ring (bicyclic) bond motifs is 1. The zero-order valence-electron chi connectivity index (χ0n) is 13.5. The van der Waals surface area contributed by atoms with Gasteiger partial charge in [0, 0.05) is 34.1 Å². The summed E-state index contributed by atoms with van der Waals surface area (Å²) in [7, 11) is 0. The minimum Gasteiger partial charge on any atom is -0.361 e. The number of hydrogen-bond acceptors (Lipinski definition) is 2. The molecule has 0 unspecified atom stereocenters. The van der Waals surface area contributed by atoms with Crippen molar-refractivity contribution < 1.29 is 9.59 Å². The molecule has 3 aromatic rings. The minimum absolute atomic E-state index is 0.227. The predicted octanol–water partition coefficient (Wildman–Crippen LogP) is 3.61. The minimum atomic E-state index is -0.396. The average Bonchev–Trinajstić information content (AvgIpc) is 3.03. The van der Waals surface area contributed by atoms with Crippen molar-refractivity contribution in [3.05, 3.63) is 70.9 Å². The van der Waals surface area contributed by atoms with Gasteiger partial charge in [-0.15, -0.1) is 0 Å². The van der Waals surface area contributed by atoms with Gasteiger partial charge in [0.2, 0.25) is 5.91 Å². The first-order valence-corrected chi connectivity index (χ1v) is 8.41. The quantitative estimate of drug-likeness (QED) is 0.612. The lowest BCUT2D eigenvalue weighted by Gasteiger charge is -2.07. The molecule has 0 saturated heterocycles. The van der Waals surface area contributed by atoms with E-state index in [0.717, 1.165) is 11.9 Å². The first-order valence-electron chi connectivity index (χ1n) is 8.03. The summed E-state index contributed by atoms with van der Waals surface area (Å²) in [5.74, 6) is -0.623. The highest BCUT2D eigenvalue weighted by Gasteiger charge is 2.08. The molecule has 3 N–H and O–H groups in total. The van der Waals surface area contributed by atoms with Crippen LogP contribution in [0.15, 0.2) is 54.7 Å². The van der Waals surface area contributed by atoms with Gasteiger partial charge in [0.1, 0.15) is 0 Å². The second kappa shape index (κ2) is 7.85. The summed E-state index contributed by atoms with van der Waals surface area (Å²) >= 11 is 5.84. The van der Waals surface area contributed by atoms with E-state index in [1.807, 2.05) is 24.4 Å². The number of carbonyl (C=O) groups excluding carboxylic acids is 2. The fourth-order valence-corrected chi connectivity index (χ4v) is 2.86. The Hall–Kier alpha value is -2.79. The first-order chi connectivity index (χ1) is 12.1. The lowest BCUT2D eigenvalue weighted by molar-refractivity contribution is -0.121. The van der Waals surface area contributed by atoms with Crippen LogP contribution >= 0.6 is 11.6 Å². The van der Waals surface area contributed by atoms with E-state index in [9.17, 15) is 9.59 Å². The summed E-state index contributed by atoms with van der Waals surface area (Å²) < 4.78 is 0. The molecule has 1 aromatic heterocycles. The molecule has 0 atom stereocenters. The fourth-order valence-electron chi connectivity index (χ4n) is 2.67. The zero-order chi connectivity index (χ0) is 17.6. The van der Waals surface area contributed by atoms with E-state index in [0.29, 0.717) is 23.4 Å². The van der Waals surface area contributed by atoms with E-state index in [1.165, 1.54) is 10.9 Å². The second-order valence-electron chi connectivity index (χ2n) is 5.73. The molecule has 2 aromatic carbocycles. The number of aryl methyl sites for hydroxylation is 1. The summed E-state index contributed by atoms with van der Waals surface area (Å²) in [5, 5.41) is 1.65. The van der Waals surface area contributed by atoms with E-state index >= 15 is 0 Å². The molecule has 3 rings (SSSR count). The third-order valence-corrected chi connectivity index (χ3v) is 4.16. The molecule has 0 aliphatic carbocycles. The van der Waals surface area contributed by atoms with Crippen LogP contribution in [0.3, 0.4) is 0 Å². The highest BCUT2D eigenvalue weighted by Crippen LogP contribution is 2.19. The number of rotatable bonds is 5. The zero-order valence-corrected chi connectivity index (χ0v) is 14.3. The van der Waals surface area contributed by atoms with Crippen molar-refractivity contribution in [3.8, 4) is 0 Å². The molecular weight excluding hydrogens is 338 g/mol. The van der Waals surface area contributed by atoms with Crippen LogP contribution < -0.4 is 10.9 Å². The summed E-state index contributed by atoms with van der Waals surface area (Å²) in [6.45, 7) is 0. The van der Waals surface area contributed by atoms with Crippen molar-refractivity contribution in [1.29, 1.82) is 0 Å². The molecule has 5 nitrogen and oxygen atoms in total. The number of aromatic nitrogens is 1. The van der Waals surface area contributed by atoms with E-state index in [2.05, 4.69) is 21.9 Å². The van der Waals surface area contributed by atoms with Crippen molar-refractivity contribution in [2.75, 3.05) is 0 Å². The number of nitrogens with one attached hydrogen (secondary N) is 3. The lowest BCUT2D eigenvalue weighted by atomic mass is 10.1. The van der Waals surface area contributed by atoms with Crippen molar-refractivity contribution in [3.63, 3.8) is 0 Å². The van der Waals surface area contributed by atoms with Crippen molar-refractivity contribution in [2.45, 2.75) is 19.3 Å². The van der Waals surface area contributed by atoms with Gasteiger partial charge in [0.25, 0.3) is 5.91 Å². The van der Waals surface area contributed by atoms with Gasteiger partial charge in [0.05, 0.1) is 0 Å². The third-order valence-electron chi connectivity index (χ3n) is 3.93. The molecule has 0 aliphatic rings.